The van der Waals surface area contributed by atoms with Crippen LogP contribution in [-0.2, 0) is 0 Å². The predicted octanol–water partition coefficient (Wildman–Crippen LogP) is 6.13. The van der Waals surface area contributed by atoms with Crippen LogP contribution < -0.4 is 5.32 Å². The van der Waals surface area contributed by atoms with E-state index in [1.807, 2.05) is 0 Å². The Bertz CT molecular complexity index is 667. The lowest BCUT2D eigenvalue weighted by Gasteiger charge is -2.11. The lowest BCUT2D eigenvalue weighted by Crippen LogP contribution is -2.14. The highest BCUT2D eigenvalue weighted by Crippen LogP contribution is 2.34. The molecule has 0 bridgehead atoms. The molecule has 0 saturated heterocycles. The minimum atomic E-state index is -0.589. The molecule has 0 atom stereocenters. The molecular weight excluding hydrogens is 525 g/mol. The van der Waals surface area contributed by atoms with E-state index < -0.39 is 11.7 Å². The highest BCUT2D eigenvalue weighted by molar-refractivity contribution is 9.11. The number of anilines is 1. The van der Waals surface area contributed by atoms with Crippen LogP contribution in [0.2, 0.25) is 0 Å². The van der Waals surface area contributed by atoms with Crippen molar-refractivity contribution in [3.05, 3.63) is 59.6 Å². The molecule has 20 heavy (non-hydrogen) atoms. The lowest BCUT2D eigenvalue weighted by molar-refractivity contribution is 0.102. The maximum atomic E-state index is 13.9. The molecule has 0 heterocycles. The lowest BCUT2D eigenvalue weighted by atomic mass is 10.2. The average Bonchev–Trinajstić information content (AvgIpc) is 2.36. The molecule has 0 aliphatic heterocycles. The Balaban J connectivity index is 2.36. The van der Waals surface area contributed by atoms with Gasteiger partial charge in [0.15, 0.2) is 0 Å². The second-order valence-corrected chi connectivity index (χ2v) is 7.28. The minimum Gasteiger partial charge on any atom is -0.320 e. The van der Waals surface area contributed by atoms with Crippen LogP contribution in [0, 0.1) is 5.82 Å². The van der Waals surface area contributed by atoms with E-state index in [0.29, 0.717) is 14.6 Å². The number of benzene rings is 2. The third kappa shape index (κ3) is 3.50. The van der Waals surface area contributed by atoms with Gasteiger partial charge in [0.1, 0.15) is 5.82 Å². The van der Waals surface area contributed by atoms with Crippen LogP contribution in [0.3, 0.4) is 0 Å². The zero-order valence-corrected chi connectivity index (χ0v) is 16.0. The van der Waals surface area contributed by atoms with Crippen molar-refractivity contribution in [3.8, 4) is 0 Å². The Hall–Kier alpha value is -0.240. The summed E-state index contributed by atoms with van der Waals surface area (Å²) in [6.07, 6.45) is 0. The van der Waals surface area contributed by atoms with E-state index in [0.717, 1.165) is 4.47 Å². The van der Waals surface area contributed by atoms with Gasteiger partial charge in [0.25, 0.3) is 5.91 Å². The third-order valence-electron chi connectivity index (χ3n) is 2.44. The summed E-state index contributed by atoms with van der Waals surface area (Å²) in [5.74, 6) is -1.11. The molecule has 1 amide bonds. The highest BCUT2D eigenvalue weighted by Gasteiger charge is 2.16. The molecule has 2 aromatic carbocycles. The van der Waals surface area contributed by atoms with Crippen molar-refractivity contribution in [2.75, 3.05) is 5.32 Å². The van der Waals surface area contributed by atoms with E-state index in [1.165, 1.54) is 12.1 Å². The first-order valence-corrected chi connectivity index (χ1v) is 8.47. The van der Waals surface area contributed by atoms with E-state index in [1.54, 1.807) is 18.2 Å². The predicted molar refractivity (Wildman–Crippen MR) is 91.6 cm³/mol. The molecule has 0 saturated carbocycles. The molecule has 0 fully saturated rings. The second-order valence-electron chi connectivity index (χ2n) is 3.80. The van der Waals surface area contributed by atoms with Crippen molar-refractivity contribution in [1.29, 1.82) is 0 Å². The van der Waals surface area contributed by atoms with Crippen molar-refractivity contribution < 1.29 is 9.18 Å². The molecule has 0 spiro atoms. The van der Waals surface area contributed by atoms with Crippen molar-refractivity contribution in [2.45, 2.75) is 0 Å². The van der Waals surface area contributed by atoms with Crippen LogP contribution in [0.15, 0.2) is 48.2 Å². The molecule has 0 aliphatic carbocycles. The van der Waals surface area contributed by atoms with Gasteiger partial charge in [0, 0.05) is 13.4 Å². The number of amides is 1. The van der Waals surface area contributed by atoms with Gasteiger partial charge in [-0.3, -0.25) is 4.79 Å². The smallest absolute Gasteiger partial charge is 0.258 e. The first-order valence-electron chi connectivity index (χ1n) is 5.30. The minimum absolute atomic E-state index is 0.0268. The van der Waals surface area contributed by atoms with E-state index in [-0.39, 0.29) is 10.0 Å². The van der Waals surface area contributed by atoms with E-state index in [2.05, 4.69) is 69.0 Å². The number of halogens is 5. The van der Waals surface area contributed by atoms with Gasteiger partial charge in [-0.1, -0.05) is 22.0 Å². The topological polar surface area (TPSA) is 29.1 Å². The van der Waals surface area contributed by atoms with Gasteiger partial charge in [-0.15, -0.1) is 0 Å². The van der Waals surface area contributed by atoms with E-state index >= 15 is 0 Å². The number of rotatable bonds is 2. The maximum Gasteiger partial charge on any atom is 0.258 e. The van der Waals surface area contributed by atoms with E-state index in [9.17, 15) is 9.18 Å². The Kier molecular flexibility index (Phi) is 5.39. The van der Waals surface area contributed by atoms with Gasteiger partial charge in [0.2, 0.25) is 0 Å². The number of hydrogen-bond acceptors (Lipinski definition) is 1. The SMILES string of the molecule is O=C(Nc1c(Br)cc(Br)cc1Br)c1cccc(Br)c1F. The van der Waals surface area contributed by atoms with Crippen LogP contribution in [-0.4, -0.2) is 5.91 Å². The van der Waals surface area contributed by atoms with Crippen LogP contribution in [0.4, 0.5) is 10.1 Å². The maximum absolute atomic E-state index is 13.9. The molecule has 1 N–H and O–H groups in total. The number of carbonyl (C=O) groups is 1. The van der Waals surface area contributed by atoms with Gasteiger partial charge in [-0.05, 0) is 72.1 Å². The molecular formula is C13H6Br4FNO. The van der Waals surface area contributed by atoms with Crippen molar-refractivity contribution in [2.24, 2.45) is 0 Å². The van der Waals surface area contributed by atoms with Gasteiger partial charge >= 0.3 is 0 Å². The fourth-order valence-electron chi connectivity index (χ4n) is 1.52. The van der Waals surface area contributed by atoms with Gasteiger partial charge in [0.05, 0.1) is 15.7 Å². The Morgan fingerprint density at radius 2 is 1.60 bits per heavy atom. The third-order valence-corrected chi connectivity index (χ3v) is 4.76. The summed E-state index contributed by atoms with van der Waals surface area (Å²) in [4.78, 5) is 12.2. The summed E-state index contributed by atoms with van der Waals surface area (Å²) in [6.45, 7) is 0. The normalized spacial score (nSPS) is 10.4. The van der Waals surface area contributed by atoms with Crippen molar-refractivity contribution in [3.63, 3.8) is 0 Å². The number of hydrogen-bond donors (Lipinski definition) is 1. The van der Waals surface area contributed by atoms with Gasteiger partial charge in [-0.25, -0.2) is 4.39 Å². The quantitative estimate of drug-likeness (QED) is 0.497. The second kappa shape index (κ2) is 6.68. The summed E-state index contributed by atoms with van der Waals surface area (Å²) in [7, 11) is 0. The van der Waals surface area contributed by atoms with Crippen LogP contribution in [0.25, 0.3) is 0 Å². The zero-order valence-electron chi connectivity index (χ0n) is 9.68. The van der Waals surface area contributed by atoms with E-state index in [4.69, 9.17) is 0 Å². The summed E-state index contributed by atoms with van der Waals surface area (Å²) < 4.78 is 16.3. The number of carbonyl (C=O) groups excluding carboxylic acids is 1. The molecule has 0 unspecified atom stereocenters. The summed E-state index contributed by atoms with van der Waals surface area (Å²) >= 11 is 13.1. The molecule has 104 valence electrons. The standard InChI is InChI=1S/C13H6Br4FNO/c14-6-4-9(16)12(10(17)5-6)19-13(20)7-2-1-3-8(15)11(7)18/h1-5H,(H,19,20). The summed E-state index contributed by atoms with van der Waals surface area (Å²) in [5.41, 5.74) is 0.513. The monoisotopic (exact) mass is 527 g/mol. The first-order chi connectivity index (χ1) is 9.40. The van der Waals surface area contributed by atoms with Crippen molar-refractivity contribution >= 4 is 75.3 Å². The molecule has 2 aromatic rings. The van der Waals surface area contributed by atoms with Crippen LogP contribution >= 0.6 is 63.7 Å². The molecule has 2 rings (SSSR count). The number of nitrogens with one attached hydrogen (secondary N) is 1. The molecule has 7 heteroatoms. The fraction of sp³-hybridized carbons (Fsp3) is 0. The van der Waals surface area contributed by atoms with Gasteiger partial charge in [-0.2, -0.15) is 0 Å². The Morgan fingerprint density at radius 1 is 1.00 bits per heavy atom. The van der Waals surface area contributed by atoms with Crippen LogP contribution in [0.1, 0.15) is 10.4 Å². The Morgan fingerprint density at radius 3 is 2.20 bits per heavy atom. The molecule has 0 radical (unpaired) electrons. The highest BCUT2D eigenvalue weighted by atomic mass is 79.9. The Labute approximate surface area is 148 Å². The largest absolute Gasteiger partial charge is 0.320 e. The summed E-state index contributed by atoms with van der Waals surface area (Å²) in [5, 5.41) is 2.68. The van der Waals surface area contributed by atoms with Gasteiger partial charge < -0.3 is 5.32 Å². The summed E-state index contributed by atoms with van der Waals surface area (Å²) in [6, 6.07) is 8.15. The van der Waals surface area contributed by atoms with Crippen molar-refractivity contribution in [1.82, 2.24) is 0 Å². The van der Waals surface area contributed by atoms with Crippen LogP contribution in [0.5, 0.6) is 0 Å². The zero-order chi connectivity index (χ0) is 14.9. The molecule has 2 nitrogen and oxygen atoms in total. The fourth-order valence-corrected chi connectivity index (χ4v) is 4.34. The molecule has 0 aliphatic rings. The first kappa shape index (κ1) is 16.1. The average molecular weight is 531 g/mol. The molecule has 0 aromatic heterocycles.